The van der Waals surface area contributed by atoms with E-state index in [0.717, 1.165) is 34.5 Å². The van der Waals surface area contributed by atoms with Crippen molar-refractivity contribution in [2.75, 3.05) is 14.7 Å². The van der Waals surface area contributed by atoms with E-state index >= 15 is 0 Å². The Morgan fingerprint density at radius 1 is 0.569 bits per heavy atom. The predicted octanol–water partition coefficient (Wildman–Crippen LogP) is 12.6. The van der Waals surface area contributed by atoms with Crippen LogP contribution >= 0.6 is 0 Å². The third-order valence-corrected chi connectivity index (χ3v) is 12.0. The van der Waals surface area contributed by atoms with E-state index in [9.17, 15) is 12.3 Å². The van der Waals surface area contributed by atoms with Gasteiger partial charge in [-0.2, -0.15) is 0 Å². The highest BCUT2D eigenvalue weighted by Crippen LogP contribution is 2.53. The molecule has 0 atom stereocenters. The van der Waals surface area contributed by atoms with Crippen LogP contribution in [0.4, 0.5) is 51.2 Å². The maximum absolute atomic E-state index is 9.88. The maximum Gasteiger partial charge on any atom is 0.257 e. The van der Waals surface area contributed by atoms with E-state index < -0.39 is 132 Å². The molecule has 7 aromatic carbocycles. The van der Waals surface area contributed by atoms with Crippen LogP contribution < -0.4 is 31.1 Å². The topological polar surface area (TPSA) is 22.9 Å². The van der Waals surface area contributed by atoms with Gasteiger partial charge >= 0.3 is 0 Å². The van der Waals surface area contributed by atoms with E-state index in [1.54, 1.807) is 13.0 Å². The van der Waals surface area contributed by atoms with Crippen molar-refractivity contribution in [1.29, 1.82) is 0 Å². The van der Waals surface area contributed by atoms with Crippen LogP contribution in [0.15, 0.2) is 168 Å². The van der Waals surface area contributed by atoms with Crippen LogP contribution in [0.25, 0.3) is 11.0 Å². The van der Waals surface area contributed by atoms with E-state index in [1.807, 2.05) is 47.4 Å². The minimum atomic E-state index is -1.03. The highest BCUT2D eigenvalue weighted by atomic mass is 16.3. The summed E-state index contributed by atoms with van der Waals surface area (Å²) in [6.07, 6.45) is 1.66. The predicted molar refractivity (Wildman–Crippen MR) is 245 cm³/mol. The lowest BCUT2D eigenvalue weighted by atomic mass is 9.32. The fraction of sp³-hybridized carbons (Fsp3) is 0.170. The molecule has 3 heterocycles. The molecule has 5 heteroatoms. The third-order valence-electron chi connectivity index (χ3n) is 12.0. The molecule has 0 saturated carbocycles. The van der Waals surface area contributed by atoms with Gasteiger partial charge in [-0.25, -0.2) is 0 Å². The largest absolute Gasteiger partial charge is 0.461 e. The summed E-state index contributed by atoms with van der Waals surface area (Å²) >= 11 is 0. The second-order valence-electron chi connectivity index (χ2n) is 16.3. The lowest BCUT2D eigenvalue weighted by Gasteiger charge is -2.45. The molecule has 58 heavy (non-hydrogen) atoms. The van der Waals surface area contributed by atoms with Crippen LogP contribution in [0.1, 0.15) is 82.1 Å². The zero-order valence-electron chi connectivity index (χ0n) is 50.4. The van der Waals surface area contributed by atoms with Crippen molar-refractivity contribution >= 4 is 85.3 Å². The number of nitrogens with zero attached hydrogens (tertiary/aromatic N) is 3. The minimum Gasteiger partial charge on any atom is -0.461 e. The van der Waals surface area contributed by atoms with Gasteiger partial charge in [0.2, 0.25) is 0 Å². The van der Waals surface area contributed by atoms with Gasteiger partial charge in [-0.15, -0.1) is 0 Å². The summed E-state index contributed by atoms with van der Waals surface area (Å²) in [6.45, 7) is 9.21. The van der Waals surface area contributed by atoms with Crippen molar-refractivity contribution < 1.29 is 29.1 Å². The molecule has 3 aliphatic rings. The number of fused-ring (bicyclic) bond motifs is 8. The number of para-hydroxylation sites is 4. The van der Waals surface area contributed by atoms with Gasteiger partial charge in [0.1, 0.15) is 11.3 Å². The van der Waals surface area contributed by atoms with Crippen molar-refractivity contribution in [2.24, 2.45) is 0 Å². The Labute approximate surface area is 367 Å². The van der Waals surface area contributed by atoms with Gasteiger partial charge < -0.3 is 19.1 Å². The van der Waals surface area contributed by atoms with Crippen LogP contribution in [0.2, 0.25) is 0 Å². The van der Waals surface area contributed by atoms with Crippen LogP contribution in [0.5, 0.6) is 0 Å². The summed E-state index contributed by atoms with van der Waals surface area (Å²) in [5.41, 5.74) is 1.57. The van der Waals surface area contributed by atoms with Gasteiger partial charge in [-0.1, -0.05) is 118 Å². The molecular formula is C53H46BN3O. The monoisotopic (exact) mass is 769 g/mol. The number of anilines is 9. The third kappa shape index (κ3) is 5.08. The van der Waals surface area contributed by atoms with Crippen molar-refractivity contribution in [3.05, 3.63) is 180 Å². The van der Waals surface area contributed by atoms with Crippen LogP contribution in [-0.2, 0) is 10.8 Å². The van der Waals surface area contributed by atoms with E-state index in [2.05, 4.69) is 27.7 Å². The van der Waals surface area contributed by atoms with Gasteiger partial charge in [-0.05, 0) is 120 Å². The molecule has 0 N–H and O–H groups in total. The molecule has 0 fully saturated rings. The molecule has 0 bridgehead atoms. The Balaban J connectivity index is 1.41. The molecule has 1 aliphatic carbocycles. The minimum absolute atomic E-state index is 0.0149. The van der Waals surface area contributed by atoms with Gasteiger partial charge in [0, 0.05) is 61.9 Å². The van der Waals surface area contributed by atoms with Gasteiger partial charge in [0.05, 0.1) is 30.4 Å². The molecule has 0 unspecified atom stereocenters. The van der Waals surface area contributed by atoms with Gasteiger partial charge in [-0.3, -0.25) is 0 Å². The fourth-order valence-corrected chi connectivity index (χ4v) is 9.29. The smallest absolute Gasteiger partial charge is 0.257 e. The molecule has 282 valence electrons. The van der Waals surface area contributed by atoms with E-state index in [-0.39, 0.29) is 39.8 Å². The van der Waals surface area contributed by atoms with Crippen molar-refractivity contribution in [3.63, 3.8) is 0 Å². The molecular weight excluding hydrogens is 705 g/mol. The normalized spacial score (nSPS) is 20.1. The van der Waals surface area contributed by atoms with Crippen LogP contribution in [0.3, 0.4) is 0 Å². The summed E-state index contributed by atoms with van der Waals surface area (Å²) in [4.78, 5) is 4.15. The van der Waals surface area contributed by atoms with E-state index in [1.165, 1.54) is 11.0 Å². The quantitative estimate of drug-likeness (QED) is 0.163. The molecule has 2 aliphatic heterocycles. The second kappa shape index (κ2) is 12.8. The van der Waals surface area contributed by atoms with Crippen molar-refractivity contribution in [3.8, 4) is 0 Å². The molecule has 0 radical (unpaired) electrons. The standard InChI is InChI=1S/C53H46BN3O/c1-35-19-18-28-42-47(35)54-48-44(56(42)38-24-14-8-15-25-38)33-40(55(36-20-10-6-11-21-36)37-22-12-7-13-23-37)34-45(48)57(39-26-16-9-17-27-39)43-30-29-41-46-51(58-50(41)49(43)54)53(4,5)32-31-52(46,2)3/h6-30,33-34H,31-32H2,1-5H3/i6D,7D,8D,10D,11D,12D,13D,14D,15D,18D,19D,20D,21D,22D,23D,24D,25D,28D. The summed E-state index contributed by atoms with van der Waals surface area (Å²) in [6, 6.07) is 3.09. The SMILES string of the molecule is [2H]c1c([2H])c([2H])c(N(c2cc3c4c(c2)N(c2c([2H])c([2H])c([2H])c([2H])c2[2H])c2c([2H])c([2H])c([2H])c(C)c2B4c2c(ccc4c5c(oc24)C(C)(C)CCC5(C)C)N3c2ccccc2)c2c([2H])c([2H])c([2H])c([2H])c2[2H])c([2H])c1[2H]. The zero-order valence-corrected chi connectivity index (χ0v) is 32.4. The summed E-state index contributed by atoms with van der Waals surface area (Å²) < 4.78 is 171. The first kappa shape index (κ1) is 20.8. The number of hydrogen-bond donors (Lipinski definition) is 0. The first-order valence-electron chi connectivity index (χ1n) is 28.2. The van der Waals surface area contributed by atoms with Crippen LogP contribution in [0, 0.1) is 6.92 Å². The molecule has 0 spiro atoms. The van der Waals surface area contributed by atoms with E-state index in [4.69, 9.17) is 16.8 Å². The number of benzene rings is 7. The average Bonchev–Trinajstić information content (AvgIpc) is 4.00. The highest BCUT2D eigenvalue weighted by Gasteiger charge is 2.48. The molecule has 0 saturated heterocycles. The van der Waals surface area contributed by atoms with Gasteiger partial charge in [0.25, 0.3) is 6.71 Å². The summed E-state index contributed by atoms with van der Waals surface area (Å²) in [5, 5.41) is 0.816. The molecule has 4 nitrogen and oxygen atoms in total. The Bertz CT molecular complexity index is 3780. The van der Waals surface area contributed by atoms with E-state index in [0.29, 0.717) is 33.3 Å². The molecule has 0 amide bonds. The molecule has 1 aromatic heterocycles. The Morgan fingerprint density at radius 2 is 1.17 bits per heavy atom. The number of hydrogen-bond acceptors (Lipinski definition) is 4. The zero-order chi connectivity index (χ0) is 55.0. The molecule has 11 rings (SSSR count). The average molecular weight is 770 g/mol. The maximum atomic E-state index is 9.88. The number of rotatable bonds is 5. The van der Waals surface area contributed by atoms with Gasteiger partial charge in [0.15, 0.2) is 0 Å². The van der Waals surface area contributed by atoms with Crippen LogP contribution in [-0.4, -0.2) is 6.71 Å². The summed E-state index contributed by atoms with van der Waals surface area (Å²) in [7, 11) is 0. The second-order valence-corrected chi connectivity index (χ2v) is 16.3. The first-order chi connectivity index (χ1) is 35.7. The Kier molecular flexibility index (Phi) is 4.58. The van der Waals surface area contributed by atoms with Crippen molar-refractivity contribution in [1.82, 2.24) is 0 Å². The lowest BCUT2D eigenvalue weighted by Crippen LogP contribution is -2.62. The Hall–Kier alpha value is -6.46. The Morgan fingerprint density at radius 3 is 1.83 bits per heavy atom. The first-order valence-corrected chi connectivity index (χ1v) is 19.2. The number of furan rings is 1. The fourth-order valence-electron chi connectivity index (χ4n) is 9.29. The summed E-state index contributed by atoms with van der Waals surface area (Å²) in [5.74, 6) is 0.782. The molecule has 8 aromatic rings. The lowest BCUT2D eigenvalue weighted by molar-refractivity contribution is 0.284. The van der Waals surface area contributed by atoms with Crippen molar-refractivity contribution in [2.45, 2.75) is 58.3 Å². The highest BCUT2D eigenvalue weighted by molar-refractivity contribution is 7.01.